The lowest BCUT2D eigenvalue weighted by molar-refractivity contribution is -0.124. The van der Waals surface area contributed by atoms with E-state index in [1.54, 1.807) is 18.2 Å². The van der Waals surface area contributed by atoms with Crippen LogP contribution in [0.5, 0.6) is 0 Å². The van der Waals surface area contributed by atoms with E-state index in [4.69, 9.17) is 5.73 Å². The van der Waals surface area contributed by atoms with E-state index in [0.29, 0.717) is 11.6 Å². The summed E-state index contributed by atoms with van der Waals surface area (Å²) in [5, 5.41) is 2.46. The molecule has 3 N–H and O–H groups in total. The number of aromatic nitrogens is 1. The average Bonchev–Trinajstić information content (AvgIpc) is 2.01. The van der Waals surface area contributed by atoms with Crippen molar-refractivity contribution in [1.82, 2.24) is 4.98 Å². The predicted molar refractivity (Wildman–Crippen MR) is 52.6 cm³/mol. The molecule has 1 amide bonds. The second-order valence-corrected chi connectivity index (χ2v) is 2.87. The molecule has 0 bridgehead atoms. The minimum atomic E-state index is -0.379. The maximum atomic E-state index is 11.1. The summed E-state index contributed by atoms with van der Waals surface area (Å²) >= 11 is 0. The molecule has 0 fully saturated rings. The average molecular weight is 193 g/mol. The highest BCUT2D eigenvalue weighted by atomic mass is 16.2. The number of nitrogens with one attached hydrogen (secondary N) is 1. The lowest BCUT2D eigenvalue weighted by Crippen LogP contribution is -2.15. The van der Waals surface area contributed by atoms with E-state index in [-0.39, 0.29) is 18.1 Å². The number of Topliss-reactive ketones (excluding diaryl/α,β-unsaturated/α-hetero) is 1. The summed E-state index contributed by atoms with van der Waals surface area (Å²) in [5.41, 5.74) is 5.41. The largest absolute Gasteiger partial charge is 0.384 e. The summed E-state index contributed by atoms with van der Waals surface area (Å²) in [6.07, 6.45) is -0.142. The Labute approximate surface area is 81.3 Å². The number of nitrogen functional groups attached to an aromatic ring is 1. The maximum absolute atomic E-state index is 11.1. The molecule has 1 heterocycles. The van der Waals surface area contributed by atoms with E-state index in [9.17, 15) is 9.59 Å². The van der Waals surface area contributed by atoms with Crippen LogP contribution in [0.3, 0.4) is 0 Å². The third-order valence-electron chi connectivity index (χ3n) is 1.45. The third kappa shape index (κ3) is 3.22. The van der Waals surface area contributed by atoms with Gasteiger partial charge in [0.2, 0.25) is 5.91 Å². The van der Waals surface area contributed by atoms with Crippen LogP contribution in [0.4, 0.5) is 11.6 Å². The number of carbonyl (C=O) groups excluding carboxylic acids is 2. The van der Waals surface area contributed by atoms with Crippen molar-refractivity contribution in [3.8, 4) is 0 Å². The van der Waals surface area contributed by atoms with E-state index in [0.717, 1.165) is 0 Å². The summed E-state index contributed by atoms with van der Waals surface area (Å²) in [6.45, 7) is 1.35. The molecule has 0 aliphatic carbocycles. The molecule has 14 heavy (non-hydrogen) atoms. The Kier molecular flexibility index (Phi) is 3.17. The molecule has 5 nitrogen and oxygen atoms in total. The van der Waals surface area contributed by atoms with Gasteiger partial charge in [0.15, 0.2) is 0 Å². The molecule has 0 atom stereocenters. The SMILES string of the molecule is CC(=O)CC(=O)Nc1cccc(N)n1. The van der Waals surface area contributed by atoms with E-state index in [1.807, 2.05) is 0 Å². The molecule has 0 aliphatic heterocycles. The fourth-order valence-corrected chi connectivity index (χ4v) is 0.934. The van der Waals surface area contributed by atoms with Crippen LogP contribution in [0, 0.1) is 0 Å². The summed E-state index contributed by atoms with van der Waals surface area (Å²) in [6, 6.07) is 4.89. The zero-order valence-corrected chi connectivity index (χ0v) is 7.78. The Morgan fingerprint density at radius 2 is 2.21 bits per heavy atom. The number of hydrogen-bond donors (Lipinski definition) is 2. The van der Waals surface area contributed by atoms with Crippen molar-refractivity contribution in [3.63, 3.8) is 0 Å². The van der Waals surface area contributed by atoms with Gasteiger partial charge in [-0.25, -0.2) is 4.98 Å². The Morgan fingerprint density at radius 3 is 2.79 bits per heavy atom. The minimum absolute atomic E-state index is 0.142. The molecule has 0 saturated heterocycles. The van der Waals surface area contributed by atoms with Gasteiger partial charge in [-0.2, -0.15) is 0 Å². The first-order valence-corrected chi connectivity index (χ1v) is 4.10. The zero-order valence-electron chi connectivity index (χ0n) is 7.78. The highest BCUT2D eigenvalue weighted by Crippen LogP contribution is 2.05. The minimum Gasteiger partial charge on any atom is -0.384 e. The molecule has 74 valence electrons. The van der Waals surface area contributed by atoms with Gasteiger partial charge in [-0.05, 0) is 19.1 Å². The fraction of sp³-hybridized carbons (Fsp3) is 0.222. The van der Waals surface area contributed by atoms with Gasteiger partial charge in [-0.1, -0.05) is 6.07 Å². The van der Waals surface area contributed by atoms with E-state index >= 15 is 0 Å². The predicted octanol–water partition coefficient (Wildman–Crippen LogP) is 0.581. The first-order chi connectivity index (χ1) is 6.58. The Balaban J connectivity index is 2.60. The van der Waals surface area contributed by atoms with Crippen LogP contribution >= 0.6 is 0 Å². The molecular weight excluding hydrogens is 182 g/mol. The van der Waals surface area contributed by atoms with E-state index in [2.05, 4.69) is 10.3 Å². The van der Waals surface area contributed by atoms with Crippen molar-refractivity contribution in [3.05, 3.63) is 18.2 Å². The fourth-order valence-electron chi connectivity index (χ4n) is 0.934. The quantitative estimate of drug-likeness (QED) is 0.687. The van der Waals surface area contributed by atoms with Crippen LogP contribution in [0.2, 0.25) is 0 Å². The molecule has 0 spiro atoms. The number of carbonyl (C=O) groups is 2. The Bertz CT molecular complexity index is 363. The summed E-state index contributed by atoms with van der Waals surface area (Å²) in [4.78, 5) is 25.6. The molecule has 0 aliphatic rings. The third-order valence-corrected chi connectivity index (χ3v) is 1.45. The number of ketones is 1. The molecule has 0 saturated carbocycles. The van der Waals surface area contributed by atoms with Gasteiger partial charge in [0.05, 0.1) is 6.42 Å². The molecule has 1 rings (SSSR count). The topological polar surface area (TPSA) is 85.1 Å². The van der Waals surface area contributed by atoms with Crippen molar-refractivity contribution in [2.75, 3.05) is 11.1 Å². The van der Waals surface area contributed by atoms with Crippen LogP contribution in [0.1, 0.15) is 13.3 Å². The Morgan fingerprint density at radius 1 is 1.50 bits per heavy atom. The number of pyridine rings is 1. The van der Waals surface area contributed by atoms with Gasteiger partial charge in [-0.15, -0.1) is 0 Å². The van der Waals surface area contributed by atoms with Gasteiger partial charge >= 0.3 is 0 Å². The van der Waals surface area contributed by atoms with Gasteiger partial charge in [-0.3, -0.25) is 9.59 Å². The van der Waals surface area contributed by atoms with Crippen molar-refractivity contribution in [1.29, 1.82) is 0 Å². The van der Waals surface area contributed by atoms with E-state index in [1.165, 1.54) is 6.92 Å². The highest BCUT2D eigenvalue weighted by Gasteiger charge is 2.05. The summed E-state index contributed by atoms with van der Waals surface area (Å²) < 4.78 is 0. The molecule has 1 aromatic rings. The smallest absolute Gasteiger partial charge is 0.232 e. The number of rotatable bonds is 3. The molecule has 5 heteroatoms. The highest BCUT2D eigenvalue weighted by molar-refractivity contribution is 6.03. The van der Waals surface area contributed by atoms with Crippen LogP contribution in [0.15, 0.2) is 18.2 Å². The van der Waals surface area contributed by atoms with Crippen molar-refractivity contribution >= 4 is 23.3 Å². The van der Waals surface area contributed by atoms with Crippen LogP contribution in [-0.4, -0.2) is 16.7 Å². The maximum Gasteiger partial charge on any atom is 0.232 e. The first kappa shape index (κ1) is 10.2. The lowest BCUT2D eigenvalue weighted by Gasteiger charge is -2.02. The van der Waals surface area contributed by atoms with E-state index < -0.39 is 0 Å². The van der Waals surface area contributed by atoms with Crippen LogP contribution in [-0.2, 0) is 9.59 Å². The second-order valence-electron chi connectivity index (χ2n) is 2.87. The molecule has 1 aromatic heterocycles. The molecule has 0 aromatic carbocycles. The van der Waals surface area contributed by atoms with Gasteiger partial charge in [0.1, 0.15) is 17.4 Å². The van der Waals surface area contributed by atoms with Crippen LogP contribution in [0.25, 0.3) is 0 Å². The standard InChI is InChI=1S/C9H11N3O2/c1-6(13)5-9(14)12-8-4-2-3-7(10)11-8/h2-4H,5H2,1H3,(H3,10,11,12,14). The number of anilines is 2. The van der Waals surface area contributed by atoms with Crippen LogP contribution < -0.4 is 11.1 Å². The number of amides is 1. The zero-order chi connectivity index (χ0) is 10.6. The molecular formula is C9H11N3O2. The normalized spacial score (nSPS) is 9.50. The van der Waals surface area contributed by atoms with Crippen molar-refractivity contribution in [2.24, 2.45) is 0 Å². The first-order valence-electron chi connectivity index (χ1n) is 4.10. The summed E-state index contributed by atoms with van der Waals surface area (Å²) in [7, 11) is 0. The van der Waals surface area contributed by atoms with Gasteiger partial charge in [0.25, 0.3) is 0 Å². The monoisotopic (exact) mass is 193 g/mol. The number of nitrogens with two attached hydrogens (primary N) is 1. The number of hydrogen-bond acceptors (Lipinski definition) is 4. The Hall–Kier alpha value is -1.91. The molecule has 0 unspecified atom stereocenters. The lowest BCUT2D eigenvalue weighted by atomic mass is 10.3. The molecule has 0 radical (unpaired) electrons. The second kappa shape index (κ2) is 4.36. The van der Waals surface area contributed by atoms with Gasteiger partial charge in [0, 0.05) is 0 Å². The van der Waals surface area contributed by atoms with Gasteiger partial charge < -0.3 is 11.1 Å². The van der Waals surface area contributed by atoms with Crippen molar-refractivity contribution in [2.45, 2.75) is 13.3 Å². The van der Waals surface area contributed by atoms with Crippen molar-refractivity contribution < 1.29 is 9.59 Å². The summed E-state index contributed by atoms with van der Waals surface area (Å²) in [5.74, 6) is 0.115. The number of nitrogens with zero attached hydrogens (tertiary/aromatic N) is 1.